The number of nitrogens with one attached hydrogen (secondary N) is 2. The van der Waals surface area contributed by atoms with Crippen LogP contribution in [0, 0.1) is 5.92 Å². The summed E-state index contributed by atoms with van der Waals surface area (Å²) in [4.78, 5) is 28.1. The van der Waals surface area contributed by atoms with E-state index in [0.717, 1.165) is 0 Å². The zero-order valence-electron chi connectivity index (χ0n) is 12.1. The molecule has 0 aliphatic carbocycles. The van der Waals surface area contributed by atoms with Crippen LogP contribution in [0.5, 0.6) is 0 Å². The minimum absolute atomic E-state index is 0.0982. The Morgan fingerprint density at radius 2 is 2.20 bits per heavy atom. The van der Waals surface area contributed by atoms with Crippen LogP contribution in [0.25, 0.3) is 0 Å². The molecule has 6 nitrogen and oxygen atoms in total. The van der Waals surface area contributed by atoms with E-state index in [2.05, 4.69) is 15.6 Å². The van der Waals surface area contributed by atoms with E-state index in [1.165, 1.54) is 7.11 Å². The number of amides is 1. The van der Waals surface area contributed by atoms with Gasteiger partial charge in [0.2, 0.25) is 5.91 Å². The molecule has 1 aliphatic heterocycles. The van der Waals surface area contributed by atoms with Crippen molar-refractivity contribution in [2.24, 2.45) is 5.92 Å². The number of rotatable bonds is 3. The van der Waals surface area contributed by atoms with Crippen LogP contribution in [-0.4, -0.2) is 29.5 Å². The Morgan fingerprint density at radius 3 is 2.75 bits per heavy atom. The highest BCUT2D eigenvalue weighted by molar-refractivity contribution is 5.92. The Balaban J connectivity index is 2.36. The van der Waals surface area contributed by atoms with Crippen LogP contribution >= 0.6 is 0 Å². The first-order valence-electron chi connectivity index (χ1n) is 6.52. The lowest BCUT2D eigenvalue weighted by Crippen LogP contribution is -2.48. The minimum Gasteiger partial charge on any atom is -0.465 e. The van der Waals surface area contributed by atoms with Crippen molar-refractivity contribution in [3.05, 3.63) is 29.6 Å². The summed E-state index contributed by atoms with van der Waals surface area (Å²) in [5, 5.41) is 6.06. The maximum Gasteiger partial charge on any atom is 0.339 e. The average Bonchev–Trinajstić information content (AvgIpc) is 2.75. The molecule has 0 bridgehead atoms. The van der Waals surface area contributed by atoms with Gasteiger partial charge >= 0.3 is 5.97 Å². The zero-order valence-corrected chi connectivity index (χ0v) is 12.1. The van der Waals surface area contributed by atoms with Crippen LogP contribution in [0.4, 0.5) is 0 Å². The van der Waals surface area contributed by atoms with Gasteiger partial charge in [0.15, 0.2) is 0 Å². The van der Waals surface area contributed by atoms with Crippen molar-refractivity contribution in [1.29, 1.82) is 0 Å². The largest absolute Gasteiger partial charge is 0.465 e. The molecule has 2 atom stereocenters. The second-order valence-electron chi connectivity index (χ2n) is 5.34. The molecule has 1 fully saturated rings. The molecule has 1 aromatic heterocycles. The molecule has 1 saturated heterocycles. The Hall–Kier alpha value is -1.95. The number of pyridine rings is 1. The lowest BCUT2D eigenvalue weighted by atomic mass is 9.89. The van der Waals surface area contributed by atoms with Gasteiger partial charge in [0.05, 0.1) is 23.9 Å². The second kappa shape index (κ2) is 5.20. The molecule has 20 heavy (non-hydrogen) atoms. The number of methoxy groups -OCH3 is 1. The highest BCUT2D eigenvalue weighted by Crippen LogP contribution is 2.28. The molecule has 1 aromatic rings. The number of ether oxygens (including phenoxy) is 1. The lowest BCUT2D eigenvalue weighted by Gasteiger charge is -2.26. The van der Waals surface area contributed by atoms with Gasteiger partial charge in [-0.3, -0.25) is 15.1 Å². The van der Waals surface area contributed by atoms with E-state index in [1.807, 2.05) is 20.8 Å². The van der Waals surface area contributed by atoms with Crippen molar-refractivity contribution in [3.63, 3.8) is 0 Å². The molecule has 108 valence electrons. The summed E-state index contributed by atoms with van der Waals surface area (Å²) < 4.78 is 4.74. The second-order valence-corrected chi connectivity index (χ2v) is 5.34. The van der Waals surface area contributed by atoms with Gasteiger partial charge in [0.1, 0.15) is 6.17 Å². The molecular weight excluding hydrogens is 258 g/mol. The quantitative estimate of drug-likeness (QED) is 0.806. The molecule has 1 amide bonds. The number of nitrogens with zero attached hydrogens (tertiary/aromatic N) is 1. The molecule has 1 aliphatic rings. The van der Waals surface area contributed by atoms with Crippen LogP contribution < -0.4 is 10.6 Å². The van der Waals surface area contributed by atoms with Crippen molar-refractivity contribution in [1.82, 2.24) is 15.6 Å². The van der Waals surface area contributed by atoms with Crippen LogP contribution in [-0.2, 0) is 9.53 Å². The van der Waals surface area contributed by atoms with E-state index in [0.29, 0.717) is 11.3 Å². The third kappa shape index (κ3) is 2.27. The van der Waals surface area contributed by atoms with Gasteiger partial charge in [-0.05, 0) is 25.0 Å². The van der Waals surface area contributed by atoms with E-state index in [4.69, 9.17) is 4.74 Å². The third-order valence-electron chi connectivity index (χ3n) is 3.86. The normalized spacial score (nSPS) is 25.6. The van der Waals surface area contributed by atoms with Crippen molar-refractivity contribution in [2.45, 2.75) is 32.5 Å². The fourth-order valence-electron chi connectivity index (χ4n) is 2.18. The minimum atomic E-state index is -0.685. The number of esters is 1. The van der Waals surface area contributed by atoms with E-state index in [-0.39, 0.29) is 11.8 Å². The molecular formula is C14H19N3O3. The molecule has 6 heteroatoms. The molecule has 0 radical (unpaired) electrons. The van der Waals surface area contributed by atoms with Gasteiger partial charge < -0.3 is 10.1 Å². The van der Waals surface area contributed by atoms with Crippen molar-refractivity contribution < 1.29 is 14.3 Å². The molecule has 2 N–H and O–H groups in total. The van der Waals surface area contributed by atoms with Crippen molar-refractivity contribution in [2.75, 3.05) is 7.11 Å². The van der Waals surface area contributed by atoms with Crippen molar-refractivity contribution >= 4 is 11.9 Å². The molecule has 2 rings (SSSR count). The van der Waals surface area contributed by atoms with Gasteiger partial charge in [0.25, 0.3) is 0 Å². The number of hydrogen-bond donors (Lipinski definition) is 2. The summed E-state index contributed by atoms with van der Waals surface area (Å²) in [6, 6.07) is 3.29. The van der Waals surface area contributed by atoms with Gasteiger partial charge in [0, 0.05) is 6.20 Å². The Bertz CT molecular complexity index is 544. The van der Waals surface area contributed by atoms with Gasteiger partial charge in [-0.15, -0.1) is 0 Å². The van der Waals surface area contributed by atoms with E-state index in [9.17, 15) is 9.59 Å². The van der Waals surface area contributed by atoms with E-state index < -0.39 is 17.7 Å². The fraction of sp³-hybridized carbons (Fsp3) is 0.500. The maximum absolute atomic E-state index is 12.2. The molecule has 0 spiro atoms. The molecule has 0 unspecified atom stereocenters. The lowest BCUT2D eigenvalue weighted by molar-refractivity contribution is -0.125. The fourth-order valence-corrected chi connectivity index (χ4v) is 2.18. The smallest absolute Gasteiger partial charge is 0.339 e. The van der Waals surface area contributed by atoms with Gasteiger partial charge in [-0.25, -0.2) is 4.79 Å². The van der Waals surface area contributed by atoms with E-state index in [1.54, 1.807) is 18.3 Å². The SMILES string of the molecule is COC(=O)c1cccnc1[C@@H]1NC(=O)[C@](C)(C(C)C)N1. The van der Waals surface area contributed by atoms with E-state index >= 15 is 0 Å². The maximum atomic E-state index is 12.2. The Morgan fingerprint density at radius 1 is 1.50 bits per heavy atom. The number of carbonyl (C=O) groups is 2. The Labute approximate surface area is 117 Å². The molecule has 0 aromatic carbocycles. The summed E-state index contributed by atoms with van der Waals surface area (Å²) >= 11 is 0. The summed E-state index contributed by atoms with van der Waals surface area (Å²) in [5.41, 5.74) is 0.133. The van der Waals surface area contributed by atoms with Gasteiger partial charge in [-0.1, -0.05) is 13.8 Å². The van der Waals surface area contributed by atoms with Crippen LogP contribution in [0.2, 0.25) is 0 Å². The van der Waals surface area contributed by atoms with Crippen LogP contribution in [0.1, 0.15) is 43.0 Å². The number of aromatic nitrogens is 1. The number of hydrogen-bond acceptors (Lipinski definition) is 5. The summed E-state index contributed by atoms with van der Waals surface area (Å²) in [5.74, 6) is -0.459. The highest BCUT2D eigenvalue weighted by atomic mass is 16.5. The molecule has 0 saturated carbocycles. The summed E-state index contributed by atoms with van der Waals surface area (Å²) in [6.45, 7) is 5.77. The van der Waals surface area contributed by atoms with Crippen molar-refractivity contribution in [3.8, 4) is 0 Å². The topological polar surface area (TPSA) is 80.3 Å². The standard InChI is InChI=1S/C14H19N3O3/c1-8(2)14(3)13(19)16-11(17-14)10-9(12(18)20-4)6-5-7-15-10/h5-8,11,17H,1-4H3,(H,16,19)/t11-,14+/m1/s1. The first-order valence-corrected chi connectivity index (χ1v) is 6.52. The zero-order chi connectivity index (χ0) is 14.9. The Kier molecular flexibility index (Phi) is 3.76. The first-order chi connectivity index (χ1) is 9.40. The van der Waals surface area contributed by atoms with Crippen LogP contribution in [0.3, 0.4) is 0 Å². The highest BCUT2D eigenvalue weighted by Gasteiger charge is 2.46. The first kappa shape index (κ1) is 14.5. The van der Waals surface area contributed by atoms with Gasteiger partial charge in [-0.2, -0.15) is 0 Å². The molecule has 2 heterocycles. The number of carbonyl (C=O) groups excluding carboxylic acids is 2. The third-order valence-corrected chi connectivity index (χ3v) is 3.86. The van der Waals surface area contributed by atoms with Crippen LogP contribution in [0.15, 0.2) is 18.3 Å². The predicted molar refractivity (Wildman–Crippen MR) is 72.8 cm³/mol. The summed E-state index contributed by atoms with van der Waals surface area (Å²) in [7, 11) is 1.32. The average molecular weight is 277 g/mol. The monoisotopic (exact) mass is 277 g/mol. The summed E-state index contributed by atoms with van der Waals surface area (Å²) in [6.07, 6.45) is 1.09. The predicted octanol–water partition coefficient (Wildman–Crippen LogP) is 1.00.